The summed E-state index contributed by atoms with van der Waals surface area (Å²) in [6.07, 6.45) is 2.86. The van der Waals surface area contributed by atoms with Crippen LogP contribution in [-0.2, 0) is 30.8 Å². The summed E-state index contributed by atoms with van der Waals surface area (Å²) in [4.78, 5) is 17.6. The molecule has 36 heavy (non-hydrogen) atoms. The monoisotopic (exact) mass is 490 g/mol. The van der Waals surface area contributed by atoms with E-state index in [1.165, 1.54) is 6.07 Å². The molecule has 0 unspecified atom stereocenters. The highest BCUT2D eigenvalue weighted by atomic mass is 19.1. The third kappa shape index (κ3) is 4.89. The molecule has 0 bridgehead atoms. The lowest BCUT2D eigenvalue weighted by molar-refractivity contribution is -0.140. The number of methoxy groups -OCH3 is 1. The van der Waals surface area contributed by atoms with Gasteiger partial charge in [-0.05, 0) is 31.0 Å². The molecular weight excluding hydrogens is 455 g/mol. The minimum absolute atomic E-state index is 0.157. The minimum Gasteiger partial charge on any atom is -0.494 e. The Hall–Kier alpha value is -3.19. The van der Waals surface area contributed by atoms with E-state index in [9.17, 15) is 9.18 Å². The highest BCUT2D eigenvalue weighted by Gasteiger charge is 2.39. The zero-order chi connectivity index (χ0) is 25.4. The number of fused-ring (bicyclic) bond motifs is 1. The van der Waals surface area contributed by atoms with Gasteiger partial charge in [0.05, 0.1) is 25.0 Å². The Bertz CT molecular complexity index is 1260. The van der Waals surface area contributed by atoms with Gasteiger partial charge >= 0.3 is 0 Å². The SMILES string of the molecule is COc1ccccc1-n1nc(CN(C(=O)C(C)(C)C)C2CC2)c2c1CCN(Cc1ccccc1F)C2. The second-order valence-corrected chi connectivity index (χ2v) is 10.9. The van der Waals surface area contributed by atoms with Gasteiger partial charge in [0, 0.05) is 48.6 Å². The lowest BCUT2D eigenvalue weighted by Crippen LogP contribution is -2.41. The molecule has 0 radical (unpaired) electrons. The van der Waals surface area contributed by atoms with Crippen LogP contribution in [0.5, 0.6) is 5.75 Å². The first-order valence-corrected chi connectivity index (χ1v) is 12.8. The molecule has 1 saturated carbocycles. The fraction of sp³-hybridized carbons (Fsp3) is 0.448. The minimum atomic E-state index is -0.454. The number of aromatic nitrogens is 2. The number of rotatable bonds is 7. The molecule has 1 fully saturated rings. The van der Waals surface area contributed by atoms with Crippen LogP contribution in [0.3, 0.4) is 0 Å². The molecule has 3 aromatic rings. The Balaban J connectivity index is 1.52. The average molecular weight is 491 g/mol. The van der Waals surface area contributed by atoms with E-state index in [-0.39, 0.29) is 17.8 Å². The summed E-state index contributed by atoms with van der Waals surface area (Å²) in [7, 11) is 1.67. The molecule has 0 saturated heterocycles. The first-order chi connectivity index (χ1) is 17.3. The van der Waals surface area contributed by atoms with Gasteiger partial charge in [0.2, 0.25) is 5.91 Å². The zero-order valence-corrected chi connectivity index (χ0v) is 21.6. The van der Waals surface area contributed by atoms with E-state index in [1.54, 1.807) is 13.2 Å². The Morgan fingerprint density at radius 1 is 1.14 bits per heavy atom. The number of para-hydroxylation sites is 2. The van der Waals surface area contributed by atoms with Crippen LogP contribution in [-0.4, -0.2) is 45.2 Å². The van der Waals surface area contributed by atoms with Gasteiger partial charge < -0.3 is 9.64 Å². The predicted octanol–water partition coefficient (Wildman–Crippen LogP) is 5.12. The molecule has 2 aliphatic rings. The van der Waals surface area contributed by atoms with Crippen LogP contribution < -0.4 is 4.74 Å². The van der Waals surface area contributed by atoms with Gasteiger partial charge in [-0.15, -0.1) is 0 Å². The van der Waals surface area contributed by atoms with Gasteiger partial charge in [-0.25, -0.2) is 9.07 Å². The van der Waals surface area contributed by atoms with Crippen LogP contribution in [0, 0.1) is 11.2 Å². The number of benzene rings is 2. The van der Waals surface area contributed by atoms with Gasteiger partial charge in [0.1, 0.15) is 17.3 Å². The van der Waals surface area contributed by atoms with Crippen LogP contribution in [0.1, 0.15) is 56.1 Å². The summed E-state index contributed by atoms with van der Waals surface area (Å²) in [5, 5.41) is 5.09. The summed E-state index contributed by atoms with van der Waals surface area (Å²) in [5.74, 6) is 0.737. The predicted molar refractivity (Wildman–Crippen MR) is 137 cm³/mol. The first-order valence-electron chi connectivity index (χ1n) is 12.8. The topological polar surface area (TPSA) is 50.6 Å². The zero-order valence-electron chi connectivity index (χ0n) is 21.6. The van der Waals surface area contributed by atoms with Crippen LogP contribution in [0.15, 0.2) is 48.5 Å². The van der Waals surface area contributed by atoms with Crippen molar-refractivity contribution in [3.05, 3.63) is 76.9 Å². The van der Waals surface area contributed by atoms with Gasteiger partial charge in [0.25, 0.3) is 0 Å². The molecule has 6 nitrogen and oxygen atoms in total. The summed E-state index contributed by atoms with van der Waals surface area (Å²) in [5.41, 5.74) is 4.32. The highest BCUT2D eigenvalue weighted by Crippen LogP contribution is 2.35. The average Bonchev–Trinajstić information content (AvgIpc) is 3.65. The van der Waals surface area contributed by atoms with Crippen molar-refractivity contribution in [2.24, 2.45) is 5.41 Å². The van der Waals surface area contributed by atoms with Gasteiger partial charge in [-0.3, -0.25) is 9.69 Å². The van der Waals surface area contributed by atoms with E-state index in [2.05, 4.69) is 4.90 Å². The van der Waals surface area contributed by atoms with E-state index in [0.717, 1.165) is 54.2 Å². The number of amides is 1. The van der Waals surface area contributed by atoms with E-state index in [1.807, 2.05) is 66.8 Å². The number of carbonyl (C=O) groups is 1. The first kappa shape index (κ1) is 24.5. The number of halogens is 1. The second-order valence-electron chi connectivity index (χ2n) is 10.9. The van der Waals surface area contributed by atoms with Gasteiger partial charge in [-0.1, -0.05) is 51.1 Å². The maximum Gasteiger partial charge on any atom is 0.228 e. The smallest absolute Gasteiger partial charge is 0.228 e. The lowest BCUT2D eigenvalue weighted by atomic mass is 9.94. The quantitative estimate of drug-likeness (QED) is 0.462. The molecule has 1 aromatic heterocycles. The number of hydrogen-bond donors (Lipinski definition) is 0. The van der Waals surface area contributed by atoms with E-state index < -0.39 is 5.41 Å². The second kappa shape index (κ2) is 9.69. The Morgan fingerprint density at radius 3 is 2.56 bits per heavy atom. The van der Waals surface area contributed by atoms with E-state index >= 15 is 0 Å². The van der Waals surface area contributed by atoms with Crippen molar-refractivity contribution in [2.75, 3.05) is 13.7 Å². The molecular formula is C29H35FN4O2. The van der Waals surface area contributed by atoms with Crippen LogP contribution >= 0.6 is 0 Å². The molecule has 5 rings (SSSR count). The van der Waals surface area contributed by atoms with E-state index in [4.69, 9.17) is 9.84 Å². The summed E-state index contributed by atoms with van der Waals surface area (Å²) < 4.78 is 22.0. The molecule has 0 N–H and O–H groups in total. The fourth-order valence-electron chi connectivity index (χ4n) is 5.02. The number of ether oxygens (including phenoxy) is 1. The molecule has 0 spiro atoms. The van der Waals surface area contributed by atoms with Crippen molar-refractivity contribution in [3.8, 4) is 11.4 Å². The molecule has 1 aliphatic carbocycles. The molecule has 2 heterocycles. The van der Waals surface area contributed by atoms with Crippen molar-refractivity contribution in [1.29, 1.82) is 0 Å². The molecule has 190 valence electrons. The standard InChI is InChI=1S/C29H35FN4O2/c1-29(2,3)28(35)33(21-13-14-21)19-24-22-18-32(17-20-9-5-6-10-23(20)30)16-15-25(22)34(31-24)26-11-7-8-12-27(26)36-4/h5-12,21H,13-19H2,1-4H3. The molecule has 1 amide bonds. The van der Waals surface area contributed by atoms with Crippen LogP contribution in [0.25, 0.3) is 5.69 Å². The Kier molecular flexibility index (Phi) is 6.60. The van der Waals surface area contributed by atoms with Crippen LogP contribution in [0.4, 0.5) is 4.39 Å². The van der Waals surface area contributed by atoms with Crippen molar-refractivity contribution in [3.63, 3.8) is 0 Å². The van der Waals surface area contributed by atoms with Crippen LogP contribution in [0.2, 0.25) is 0 Å². The van der Waals surface area contributed by atoms with Crippen molar-refractivity contribution < 1.29 is 13.9 Å². The highest BCUT2D eigenvalue weighted by molar-refractivity contribution is 5.82. The van der Waals surface area contributed by atoms with E-state index in [0.29, 0.717) is 25.2 Å². The van der Waals surface area contributed by atoms with Gasteiger partial charge in [0.15, 0.2) is 0 Å². The van der Waals surface area contributed by atoms with Crippen molar-refractivity contribution >= 4 is 5.91 Å². The molecule has 1 aliphatic heterocycles. The third-order valence-corrected chi connectivity index (χ3v) is 7.09. The molecule has 7 heteroatoms. The molecule has 0 atom stereocenters. The largest absolute Gasteiger partial charge is 0.494 e. The Labute approximate surface area is 212 Å². The molecule has 2 aromatic carbocycles. The van der Waals surface area contributed by atoms with Crippen molar-refractivity contribution in [2.45, 2.75) is 65.7 Å². The fourth-order valence-corrected chi connectivity index (χ4v) is 5.02. The summed E-state index contributed by atoms with van der Waals surface area (Å²) >= 11 is 0. The number of hydrogen-bond acceptors (Lipinski definition) is 4. The maximum absolute atomic E-state index is 14.4. The number of nitrogens with zero attached hydrogens (tertiary/aromatic N) is 4. The summed E-state index contributed by atoms with van der Waals surface area (Å²) in [6.45, 7) is 8.42. The lowest BCUT2D eigenvalue weighted by Gasteiger charge is -2.31. The third-order valence-electron chi connectivity index (χ3n) is 7.09. The Morgan fingerprint density at radius 2 is 1.86 bits per heavy atom. The van der Waals surface area contributed by atoms with Gasteiger partial charge in [-0.2, -0.15) is 5.10 Å². The normalized spacial score (nSPS) is 16.0. The number of carbonyl (C=O) groups excluding carboxylic acids is 1. The summed E-state index contributed by atoms with van der Waals surface area (Å²) in [6, 6.07) is 15.1. The van der Waals surface area contributed by atoms with Crippen molar-refractivity contribution in [1.82, 2.24) is 19.6 Å². The maximum atomic E-state index is 14.4.